The number of fused-ring (bicyclic) bond motifs is 1. The molecule has 3 aromatic rings. The summed E-state index contributed by atoms with van der Waals surface area (Å²) >= 11 is 0. The fourth-order valence-corrected chi connectivity index (χ4v) is 2.18. The molecule has 2 aromatic carbocycles. The van der Waals surface area contributed by atoms with Crippen molar-refractivity contribution < 1.29 is 9.47 Å². The molecular weight excluding hydrogens is 252 g/mol. The Labute approximate surface area is 117 Å². The number of ether oxygens (including phenoxy) is 2. The van der Waals surface area contributed by atoms with Crippen molar-refractivity contribution in [1.82, 2.24) is 9.78 Å². The van der Waals surface area contributed by atoms with E-state index in [-0.39, 0.29) is 0 Å². The Morgan fingerprint density at radius 2 is 1.75 bits per heavy atom. The molecule has 3 rings (SSSR count). The largest absolute Gasteiger partial charge is 0.493 e. The monoisotopic (exact) mass is 268 g/mol. The van der Waals surface area contributed by atoms with Crippen LogP contribution in [0.25, 0.3) is 10.9 Å². The molecule has 0 aliphatic carbocycles. The normalized spacial score (nSPS) is 10.7. The van der Waals surface area contributed by atoms with Gasteiger partial charge < -0.3 is 9.47 Å². The summed E-state index contributed by atoms with van der Waals surface area (Å²) in [4.78, 5) is 0. The van der Waals surface area contributed by atoms with Crippen LogP contribution in [0.3, 0.4) is 0 Å². The molecule has 1 aromatic heterocycles. The van der Waals surface area contributed by atoms with E-state index in [2.05, 4.69) is 17.2 Å². The number of hydrogen-bond donors (Lipinski definition) is 0. The molecule has 0 spiro atoms. The lowest BCUT2D eigenvalue weighted by Gasteiger charge is -2.10. The predicted molar refractivity (Wildman–Crippen MR) is 78.2 cm³/mol. The molecule has 0 bridgehead atoms. The van der Waals surface area contributed by atoms with Crippen LogP contribution in [-0.2, 0) is 6.54 Å². The molecule has 4 heteroatoms. The first-order valence-corrected chi connectivity index (χ1v) is 6.55. The third-order valence-electron chi connectivity index (χ3n) is 3.18. The van der Waals surface area contributed by atoms with Crippen molar-refractivity contribution in [1.29, 1.82) is 0 Å². The standard InChI is InChI=1S/C16H16N2O2/c1-19-15-8-4-5-9-16(15)20-11-10-18-14-7-3-2-6-13(14)12-17-18/h2-9,12H,10-11H2,1H3. The molecule has 0 aliphatic heterocycles. The first-order valence-electron chi connectivity index (χ1n) is 6.55. The highest BCUT2D eigenvalue weighted by atomic mass is 16.5. The van der Waals surface area contributed by atoms with E-state index in [0.717, 1.165) is 22.4 Å². The molecule has 0 amide bonds. The molecule has 0 atom stereocenters. The van der Waals surface area contributed by atoms with E-state index >= 15 is 0 Å². The Balaban J connectivity index is 1.68. The smallest absolute Gasteiger partial charge is 0.161 e. The lowest BCUT2D eigenvalue weighted by molar-refractivity contribution is 0.276. The van der Waals surface area contributed by atoms with Crippen LogP contribution in [0.1, 0.15) is 0 Å². The average Bonchev–Trinajstić information content (AvgIpc) is 2.91. The van der Waals surface area contributed by atoms with Gasteiger partial charge in [-0.1, -0.05) is 30.3 Å². The fraction of sp³-hybridized carbons (Fsp3) is 0.188. The topological polar surface area (TPSA) is 36.3 Å². The average molecular weight is 268 g/mol. The summed E-state index contributed by atoms with van der Waals surface area (Å²) in [6.07, 6.45) is 1.87. The number of nitrogens with zero attached hydrogens (tertiary/aromatic N) is 2. The van der Waals surface area contributed by atoms with Crippen molar-refractivity contribution in [2.24, 2.45) is 0 Å². The van der Waals surface area contributed by atoms with Gasteiger partial charge in [-0.15, -0.1) is 0 Å². The number of methoxy groups -OCH3 is 1. The van der Waals surface area contributed by atoms with Crippen molar-refractivity contribution in [3.05, 3.63) is 54.7 Å². The molecule has 0 fully saturated rings. The zero-order chi connectivity index (χ0) is 13.8. The summed E-state index contributed by atoms with van der Waals surface area (Å²) < 4.78 is 13.0. The second-order valence-electron chi connectivity index (χ2n) is 4.43. The zero-order valence-electron chi connectivity index (χ0n) is 11.3. The molecule has 0 aliphatic rings. The van der Waals surface area contributed by atoms with E-state index in [1.54, 1.807) is 7.11 Å². The second kappa shape index (κ2) is 5.65. The molecule has 0 saturated carbocycles. The Bertz CT molecular complexity index is 706. The van der Waals surface area contributed by atoms with Crippen LogP contribution in [0.4, 0.5) is 0 Å². The van der Waals surface area contributed by atoms with Gasteiger partial charge in [0.05, 0.1) is 25.4 Å². The lowest BCUT2D eigenvalue weighted by atomic mass is 10.3. The Hall–Kier alpha value is -2.49. The molecule has 0 radical (unpaired) electrons. The SMILES string of the molecule is COc1ccccc1OCCn1ncc2ccccc21. The summed E-state index contributed by atoms with van der Waals surface area (Å²) in [5.74, 6) is 1.50. The number of aromatic nitrogens is 2. The Morgan fingerprint density at radius 1 is 1.00 bits per heavy atom. The Kier molecular flexibility index (Phi) is 3.54. The van der Waals surface area contributed by atoms with E-state index in [9.17, 15) is 0 Å². The maximum atomic E-state index is 5.76. The minimum atomic E-state index is 0.548. The summed E-state index contributed by atoms with van der Waals surface area (Å²) in [5.41, 5.74) is 1.12. The molecule has 102 valence electrons. The predicted octanol–water partition coefficient (Wildman–Crippen LogP) is 3.12. The summed E-state index contributed by atoms with van der Waals surface area (Å²) in [6, 6.07) is 15.8. The van der Waals surface area contributed by atoms with Crippen molar-refractivity contribution in [3.63, 3.8) is 0 Å². The van der Waals surface area contributed by atoms with Crippen molar-refractivity contribution in [3.8, 4) is 11.5 Å². The van der Waals surface area contributed by atoms with Crippen LogP contribution >= 0.6 is 0 Å². The first-order chi connectivity index (χ1) is 9.88. The second-order valence-corrected chi connectivity index (χ2v) is 4.43. The molecule has 20 heavy (non-hydrogen) atoms. The van der Waals surface area contributed by atoms with Gasteiger partial charge in [0, 0.05) is 5.39 Å². The number of rotatable bonds is 5. The van der Waals surface area contributed by atoms with E-state index in [4.69, 9.17) is 9.47 Å². The highest BCUT2D eigenvalue weighted by Crippen LogP contribution is 2.25. The summed E-state index contributed by atoms with van der Waals surface area (Å²) in [7, 11) is 1.64. The molecular formula is C16H16N2O2. The van der Waals surface area contributed by atoms with Gasteiger partial charge in [0.2, 0.25) is 0 Å². The third-order valence-corrected chi connectivity index (χ3v) is 3.18. The fourth-order valence-electron chi connectivity index (χ4n) is 2.18. The molecule has 0 unspecified atom stereocenters. The van der Waals surface area contributed by atoms with Crippen molar-refractivity contribution >= 4 is 10.9 Å². The lowest BCUT2D eigenvalue weighted by Crippen LogP contribution is -2.09. The maximum Gasteiger partial charge on any atom is 0.161 e. The van der Waals surface area contributed by atoms with E-state index in [0.29, 0.717) is 13.2 Å². The summed E-state index contributed by atoms with van der Waals surface area (Å²) in [6.45, 7) is 1.25. The van der Waals surface area contributed by atoms with Crippen molar-refractivity contribution in [2.75, 3.05) is 13.7 Å². The van der Waals surface area contributed by atoms with Gasteiger partial charge >= 0.3 is 0 Å². The molecule has 1 heterocycles. The number of para-hydroxylation sites is 3. The van der Waals surface area contributed by atoms with Gasteiger partial charge in [0.1, 0.15) is 6.61 Å². The van der Waals surface area contributed by atoms with Gasteiger partial charge in [0.15, 0.2) is 11.5 Å². The maximum absolute atomic E-state index is 5.76. The molecule has 0 N–H and O–H groups in total. The van der Waals surface area contributed by atoms with E-state index in [1.807, 2.05) is 47.3 Å². The zero-order valence-corrected chi connectivity index (χ0v) is 11.3. The van der Waals surface area contributed by atoms with E-state index in [1.165, 1.54) is 0 Å². The van der Waals surface area contributed by atoms with Gasteiger partial charge in [0.25, 0.3) is 0 Å². The number of benzene rings is 2. The van der Waals surface area contributed by atoms with Crippen LogP contribution in [0.15, 0.2) is 54.7 Å². The van der Waals surface area contributed by atoms with Crippen LogP contribution in [0, 0.1) is 0 Å². The van der Waals surface area contributed by atoms with Gasteiger partial charge in [-0.05, 0) is 18.2 Å². The van der Waals surface area contributed by atoms with Gasteiger partial charge in [-0.3, -0.25) is 4.68 Å². The highest BCUT2D eigenvalue weighted by Gasteiger charge is 2.04. The highest BCUT2D eigenvalue weighted by molar-refractivity contribution is 5.78. The minimum Gasteiger partial charge on any atom is -0.493 e. The van der Waals surface area contributed by atoms with Crippen molar-refractivity contribution in [2.45, 2.75) is 6.54 Å². The third kappa shape index (κ3) is 2.45. The van der Waals surface area contributed by atoms with Gasteiger partial charge in [-0.25, -0.2) is 0 Å². The van der Waals surface area contributed by atoms with Gasteiger partial charge in [-0.2, -0.15) is 5.10 Å². The molecule has 4 nitrogen and oxygen atoms in total. The van der Waals surface area contributed by atoms with Crippen LogP contribution in [0.5, 0.6) is 11.5 Å². The quantitative estimate of drug-likeness (QED) is 0.713. The Morgan fingerprint density at radius 3 is 2.60 bits per heavy atom. The minimum absolute atomic E-state index is 0.548. The van der Waals surface area contributed by atoms with E-state index < -0.39 is 0 Å². The van der Waals surface area contributed by atoms with Crippen LogP contribution in [0.2, 0.25) is 0 Å². The first kappa shape index (κ1) is 12.5. The summed E-state index contributed by atoms with van der Waals surface area (Å²) in [5, 5.41) is 5.52. The number of hydrogen-bond acceptors (Lipinski definition) is 3. The molecule has 0 saturated heterocycles. The van der Waals surface area contributed by atoms with Crippen LogP contribution < -0.4 is 9.47 Å². The van der Waals surface area contributed by atoms with Crippen LogP contribution in [-0.4, -0.2) is 23.5 Å².